The van der Waals surface area contributed by atoms with Gasteiger partial charge in [-0.15, -0.1) is 0 Å². The zero-order chi connectivity index (χ0) is 19.6. The first-order chi connectivity index (χ1) is 14.3. The van der Waals surface area contributed by atoms with Gasteiger partial charge in [0.1, 0.15) is 5.82 Å². The van der Waals surface area contributed by atoms with Crippen LogP contribution in [0.25, 0.3) is 11.0 Å². The highest BCUT2D eigenvalue weighted by molar-refractivity contribution is 5.78. The molecule has 2 aliphatic heterocycles. The molecule has 1 N–H and O–H groups in total. The Morgan fingerprint density at radius 3 is 2.86 bits per heavy atom. The van der Waals surface area contributed by atoms with Gasteiger partial charge in [-0.1, -0.05) is 18.2 Å². The standard InChI is InChI=1S/C23H25N3O3/c27-23(11-10-22-24-17-5-1-2-6-18(17)25-22)26-12-3-7-19(26)16-8-9-20-21(15-16)29-14-4-13-28-20/h1-2,5-6,8-9,15,19H,3-4,7,10-14H2,(H,24,25)/t19-/m1/s1. The molecule has 3 heterocycles. The minimum Gasteiger partial charge on any atom is -0.490 e. The van der Waals surface area contributed by atoms with Crippen LogP contribution in [-0.2, 0) is 11.2 Å². The summed E-state index contributed by atoms with van der Waals surface area (Å²) in [5.41, 5.74) is 3.09. The van der Waals surface area contributed by atoms with Crippen LogP contribution in [0, 0.1) is 0 Å². The van der Waals surface area contributed by atoms with E-state index in [4.69, 9.17) is 9.47 Å². The van der Waals surface area contributed by atoms with Crippen molar-refractivity contribution < 1.29 is 14.3 Å². The van der Waals surface area contributed by atoms with E-state index in [0.29, 0.717) is 26.1 Å². The molecule has 1 amide bonds. The Morgan fingerprint density at radius 1 is 1.10 bits per heavy atom. The predicted molar refractivity (Wildman–Crippen MR) is 110 cm³/mol. The van der Waals surface area contributed by atoms with Gasteiger partial charge in [-0.3, -0.25) is 4.79 Å². The van der Waals surface area contributed by atoms with Crippen LogP contribution in [0.1, 0.15) is 43.1 Å². The number of carbonyl (C=O) groups is 1. The third kappa shape index (κ3) is 3.67. The van der Waals surface area contributed by atoms with E-state index < -0.39 is 0 Å². The van der Waals surface area contributed by atoms with E-state index in [0.717, 1.165) is 59.7 Å². The molecule has 0 radical (unpaired) electrons. The van der Waals surface area contributed by atoms with Crippen molar-refractivity contribution in [2.24, 2.45) is 0 Å². The fourth-order valence-corrected chi connectivity index (χ4v) is 4.29. The van der Waals surface area contributed by atoms with E-state index in [1.807, 2.05) is 35.2 Å². The van der Waals surface area contributed by atoms with Gasteiger partial charge < -0.3 is 19.4 Å². The lowest BCUT2D eigenvalue weighted by Gasteiger charge is -2.25. The van der Waals surface area contributed by atoms with Crippen LogP contribution in [0.3, 0.4) is 0 Å². The van der Waals surface area contributed by atoms with Gasteiger partial charge in [0.15, 0.2) is 11.5 Å². The molecule has 0 saturated carbocycles. The third-order valence-corrected chi connectivity index (χ3v) is 5.74. The molecule has 1 aromatic heterocycles. The van der Waals surface area contributed by atoms with Crippen molar-refractivity contribution in [2.75, 3.05) is 19.8 Å². The SMILES string of the molecule is O=C(CCc1nc2ccccc2[nH]1)N1CCC[C@@H]1c1ccc2c(c1)OCCCO2. The normalized spacial score (nSPS) is 18.8. The van der Waals surface area contributed by atoms with Crippen LogP contribution in [0.4, 0.5) is 0 Å². The lowest BCUT2D eigenvalue weighted by molar-refractivity contribution is -0.132. The Kier molecular flexibility index (Phi) is 4.84. The summed E-state index contributed by atoms with van der Waals surface area (Å²) in [4.78, 5) is 22.9. The number of H-pyrrole nitrogens is 1. The Hall–Kier alpha value is -3.02. The number of aromatic nitrogens is 2. The van der Waals surface area contributed by atoms with E-state index in [-0.39, 0.29) is 11.9 Å². The van der Waals surface area contributed by atoms with E-state index in [2.05, 4.69) is 22.1 Å². The van der Waals surface area contributed by atoms with Crippen LogP contribution in [0.2, 0.25) is 0 Å². The first-order valence-corrected chi connectivity index (χ1v) is 10.4. The summed E-state index contributed by atoms with van der Waals surface area (Å²) in [6.07, 6.45) is 3.98. The van der Waals surface area contributed by atoms with Gasteiger partial charge in [-0.05, 0) is 42.7 Å². The Bertz CT molecular complexity index is 996. The second-order valence-electron chi connectivity index (χ2n) is 7.70. The Morgan fingerprint density at radius 2 is 1.97 bits per heavy atom. The predicted octanol–water partition coefficient (Wildman–Crippen LogP) is 4.02. The van der Waals surface area contributed by atoms with E-state index in [9.17, 15) is 4.79 Å². The number of carbonyl (C=O) groups excluding carboxylic acids is 1. The highest BCUT2D eigenvalue weighted by Crippen LogP contribution is 2.38. The second kappa shape index (κ2) is 7.78. The van der Waals surface area contributed by atoms with E-state index >= 15 is 0 Å². The number of benzene rings is 2. The number of para-hydroxylation sites is 2. The van der Waals surface area contributed by atoms with Gasteiger partial charge in [-0.25, -0.2) is 4.98 Å². The lowest BCUT2D eigenvalue weighted by Crippen LogP contribution is -2.30. The van der Waals surface area contributed by atoms with Crippen LogP contribution in [0.15, 0.2) is 42.5 Å². The zero-order valence-corrected chi connectivity index (χ0v) is 16.4. The number of nitrogens with zero attached hydrogens (tertiary/aromatic N) is 2. The zero-order valence-electron chi connectivity index (χ0n) is 16.4. The molecule has 3 aromatic rings. The van der Waals surface area contributed by atoms with Crippen molar-refractivity contribution in [1.82, 2.24) is 14.9 Å². The summed E-state index contributed by atoms with van der Waals surface area (Å²) >= 11 is 0. The van der Waals surface area contributed by atoms with Gasteiger partial charge in [0.05, 0.1) is 30.3 Å². The molecular formula is C23H25N3O3. The minimum absolute atomic E-state index is 0.107. The molecule has 0 bridgehead atoms. The Balaban J connectivity index is 1.28. The summed E-state index contributed by atoms with van der Waals surface area (Å²) in [6.45, 7) is 2.15. The molecule has 1 fully saturated rings. The first kappa shape index (κ1) is 18.0. The molecule has 6 heteroatoms. The number of rotatable bonds is 4. The van der Waals surface area contributed by atoms with Crippen LogP contribution >= 0.6 is 0 Å². The first-order valence-electron chi connectivity index (χ1n) is 10.4. The number of imidazole rings is 1. The number of hydrogen-bond acceptors (Lipinski definition) is 4. The van der Waals surface area contributed by atoms with Gasteiger partial charge >= 0.3 is 0 Å². The summed E-state index contributed by atoms with van der Waals surface area (Å²) in [6, 6.07) is 14.2. The second-order valence-corrected chi connectivity index (χ2v) is 7.70. The van der Waals surface area contributed by atoms with Crippen LogP contribution in [-0.4, -0.2) is 40.5 Å². The molecule has 29 heavy (non-hydrogen) atoms. The molecule has 0 unspecified atom stereocenters. The number of fused-ring (bicyclic) bond motifs is 2. The summed E-state index contributed by atoms with van der Waals surface area (Å²) in [5, 5.41) is 0. The van der Waals surface area contributed by atoms with Crippen molar-refractivity contribution in [3.8, 4) is 11.5 Å². The average molecular weight is 391 g/mol. The summed E-state index contributed by atoms with van der Waals surface area (Å²) < 4.78 is 11.6. The fraction of sp³-hybridized carbons (Fsp3) is 0.391. The largest absolute Gasteiger partial charge is 0.490 e. The molecule has 150 valence electrons. The number of ether oxygens (including phenoxy) is 2. The molecule has 2 aromatic carbocycles. The molecule has 1 atom stereocenters. The van der Waals surface area contributed by atoms with Crippen LogP contribution in [0.5, 0.6) is 11.5 Å². The summed E-state index contributed by atoms with van der Waals surface area (Å²) in [5.74, 6) is 2.64. The molecule has 6 nitrogen and oxygen atoms in total. The monoisotopic (exact) mass is 391 g/mol. The highest BCUT2D eigenvalue weighted by Gasteiger charge is 2.30. The topological polar surface area (TPSA) is 67.5 Å². The molecule has 0 aliphatic carbocycles. The van der Waals surface area contributed by atoms with Crippen molar-refractivity contribution in [3.05, 3.63) is 53.9 Å². The van der Waals surface area contributed by atoms with Crippen LogP contribution < -0.4 is 9.47 Å². The number of amides is 1. The quantitative estimate of drug-likeness (QED) is 0.729. The van der Waals surface area contributed by atoms with Crippen molar-refractivity contribution in [1.29, 1.82) is 0 Å². The van der Waals surface area contributed by atoms with Gasteiger partial charge in [0.25, 0.3) is 0 Å². The van der Waals surface area contributed by atoms with E-state index in [1.54, 1.807) is 0 Å². The molecule has 1 saturated heterocycles. The van der Waals surface area contributed by atoms with Gasteiger partial charge in [-0.2, -0.15) is 0 Å². The molecule has 2 aliphatic rings. The van der Waals surface area contributed by atoms with Gasteiger partial charge in [0, 0.05) is 25.8 Å². The highest BCUT2D eigenvalue weighted by atomic mass is 16.5. The number of hydrogen-bond donors (Lipinski definition) is 1. The van der Waals surface area contributed by atoms with Gasteiger partial charge in [0.2, 0.25) is 5.91 Å². The summed E-state index contributed by atoms with van der Waals surface area (Å²) in [7, 11) is 0. The smallest absolute Gasteiger partial charge is 0.223 e. The number of likely N-dealkylation sites (tertiary alicyclic amines) is 1. The maximum atomic E-state index is 13.0. The van der Waals surface area contributed by atoms with Crippen molar-refractivity contribution in [3.63, 3.8) is 0 Å². The Labute approximate surface area is 169 Å². The van der Waals surface area contributed by atoms with E-state index in [1.165, 1.54) is 0 Å². The third-order valence-electron chi connectivity index (χ3n) is 5.74. The number of aryl methyl sites for hydroxylation is 1. The average Bonchev–Trinajstić information content (AvgIpc) is 3.33. The molecular weight excluding hydrogens is 366 g/mol. The minimum atomic E-state index is 0.107. The number of nitrogens with one attached hydrogen (secondary N) is 1. The lowest BCUT2D eigenvalue weighted by atomic mass is 10.0. The molecule has 5 rings (SSSR count). The number of aromatic amines is 1. The fourth-order valence-electron chi connectivity index (χ4n) is 4.29. The van der Waals surface area contributed by atoms with Crippen molar-refractivity contribution in [2.45, 2.75) is 38.1 Å². The maximum Gasteiger partial charge on any atom is 0.223 e. The van der Waals surface area contributed by atoms with Crippen molar-refractivity contribution >= 4 is 16.9 Å². The molecule has 0 spiro atoms. The maximum absolute atomic E-state index is 13.0.